The zero-order valence-corrected chi connectivity index (χ0v) is 16.8. The van der Waals surface area contributed by atoms with Gasteiger partial charge in [0.2, 0.25) is 0 Å². The fraction of sp³-hybridized carbons (Fsp3) is 0.190. The van der Waals surface area contributed by atoms with E-state index in [-0.39, 0.29) is 23.1 Å². The molecule has 7 heteroatoms. The fourth-order valence-electron chi connectivity index (χ4n) is 3.29. The van der Waals surface area contributed by atoms with Gasteiger partial charge in [-0.25, -0.2) is 4.98 Å². The Morgan fingerprint density at radius 2 is 2.25 bits per heavy atom. The zero-order valence-electron chi connectivity index (χ0n) is 15.2. The van der Waals surface area contributed by atoms with E-state index in [2.05, 4.69) is 32.0 Å². The Hall–Kier alpha value is -3.11. The van der Waals surface area contributed by atoms with Gasteiger partial charge >= 0.3 is 0 Å². The maximum absolute atomic E-state index is 12.4. The van der Waals surface area contributed by atoms with E-state index in [0.717, 1.165) is 22.2 Å². The molecule has 1 N–H and O–H groups in total. The molecule has 4 rings (SSSR count). The normalized spacial score (nSPS) is 15.8. The molecule has 1 aliphatic rings. The second-order valence-corrected chi connectivity index (χ2v) is 7.50. The first-order valence-corrected chi connectivity index (χ1v) is 9.47. The summed E-state index contributed by atoms with van der Waals surface area (Å²) in [6.45, 7) is 2.00. The molecule has 28 heavy (non-hydrogen) atoms. The summed E-state index contributed by atoms with van der Waals surface area (Å²) in [6.07, 6.45) is 2.57. The van der Waals surface area contributed by atoms with E-state index in [1.165, 1.54) is 0 Å². The van der Waals surface area contributed by atoms with Gasteiger partial charge in [-0.05, 0) is 43.3 Å². The Morgan fingerprint density at radius 1 is 1.43 bits per heavy atom. The average molecular weight is 438 g/mol. The van der Waals surface area contributed by atoms with E-state index in [1.54, 1.807) is 31.4 Å². The van der Waals surface area contributed by atoms with Crippen LogP contribution in [-0.4, -0.2) is 23.2 Å². The second kappa shape index (κ2) is 7.13. The van der Waals surface area contributed by atoms with Gasteiger partial charge in [-0.2, -0.15) is 5.26 Å². The maximum atomic E-state index is 12.4. The summed E-state index contributed by atoms with van der Waals surface area (Å²) in [5, 5.41) is 10.1. The SMILES string of the molecule is COc1cc2c(cc1/C=C(\C#N)c1nc3ccc(Br)cc3c(=O)[nH]1)OC(C)C2. The predicted molar refractivity (Wildman–Crippen MR) is 110 cm³/mol. The third-order valence-electron chi connectivity index (χ3n) is 4.59. The Kier molecular flexibility index (Phi) is 4.65. The van der Waals surface area contributed by atoms with Crippen molar-refractivity contribution in [2.45, 2.75) is 19.4 Å². The first-order chi connectivity index (χ1) is 13.5. The predicted octanol–water partition coefficient (Wildman–Crippen LogP) is 4.08. The maximum Gasteiger partial charge on any atom is 0.259 e. The van der Waals surface area contributed by atoms with Crippen molar-refractivity contribution in [1.82, 2.24) is 9.97 Å². The van der Waals surface area contributed by atoms with Crippen LogP contribution < -0.4 is 15.0 Å². The molecular weight excluding hydrogens is 422 g/mol. The Morgan fingerprint density at radius 3 is 3.00 bits per heavy atom. The topological polar surface area (TPSA) is 88.0 Å². The van der Waals surface area contributed by atoms with Crippen molar-refractivity contribution in [2.24, 2.45) is 0 Å². The highest BCUT2D eigenvalue weighted by molar-refractivity contribution is 9.10. The third-order valence-corrected chi connectivity index (χ3v) is 5.08. The number of nitrogens with one attached hydrogen (secondary N) is 1. The molecule has 1 aromatic heterocycles. The fourth-order valence-corrected chi connectivity index (χ4v) is 3.65. The number of fused-ring (bicyclic) bond motifs is 2. The second-order valence-electron chi connectivity index (χ2n) is 6.58. The number of aromatic amines is 1. The molecule has 1 aliphatic heterocycles. The van der Waals surface area contributed by atoms with Crippen molar-refractivity contribution >= 4 is 38.5 Å². The number of nitrogens with zero attached hydrogens (tertiary/aromatic N) is 2. The molecule has 1 atom stereocenters. The van der Waals surface area contributed by atoms with Crippen LogP contribution >= 0.6 is 15.9 Å². The molecule has 0 fully saturated rings. The summed E-state index contributed by atoms with van der Waals surface area (Å²) in [6, 6.07) is 11.1. The number of hydrogen-bond acceptors (Lipinski definition) is 5. The van der Waals surface area contributed by atoms with Crippen LogP contribution in [0, 0.1) is 11.3 Å². The molecule has 0 spiro atoms. The van der Waals surface area contributed by atoms with Gasteiger partial charge in [0.1, 0.15) is 23.7 Å². The Balaban J connectivity index is 1.84. The van der Waals surface area contributed by atoms with Gasteiger partial charge in [-0.3, -0.25) is 4.79 Å². The summed E-state index contributed by atoms with van der Waals surface area (Å²) in [4.78, 5) is 19.6. The highest BCUT2D eigenvalue weighted by Gasteiger charge is 2.21. The minimum absolute atomic E-state index is 0.104. The van der Waals surface area contributed by atoms with Crippen molar-refractivity contribution < 1.29 is 9.47 Å². The number of nitriles is 1. The van der Waals surface area contributed by atoms with Crippen LogP contribution in [0.15, 0.2) is 39.6 Å². The molecule has 0 amide bonds. The minimum Gasteiger partial charge on any atom is -0.496 e. The average Bonchev–Trinajstić information content (AvgIpc) is 3.04. The lowest BCUT2D eigenvalue weighted by molar-refractivity contribution is 0.254. The van der Waals surface area contributed by atoms with Crippen LogP contribution in [0.4, 0.5) is 0 Å². The zero-order chi connectivity index (χ0) is 19.8. The summed E-state index contributed by atoms with van der Waals surface area (Å²) in [5.74, 6) is 1.62. The van der Waals surface area contributed by atoms with Crippen LogP contribution in [-0.2, 0) is 6.42 Å². The molecule has 2 heterocycles. The number of ether oxygens (including phenoxy) is 2. The van der Waals surface area contributed by atoms with E-state index in [4.69, 9.17) is 9.47 Å². The van der Waals surface area contributed by atoms with Gasteiger partial charge in [0.15, 0.2) is 5.82 Å². The molecule has 3 aromatic rings. The summed E-state index contributed by atoms with van der Waals surface area (Å²) >= 11 is 3.35. The van der Waals surface area contributed by atoms with E-state index in [9.17, 15) is 10.1 Å². The first-order valence-electron chi connectivity index (χ1n) is 8.68. The largest absolute Gasteiger partial charge is 0.496 e. The summed E-state index contributed by atoms with van der Waals surface area (Å²) in [5.41, 5.74) is 2.20. The van der Waals surface area contributed by atoms with E-state index >= 15 is 0 Å². The number of H-pyrrole nitrogens is 1. The Bertz CT molecular complexity index is 1220. The first kappa shape index (κ1) is 18.3. The number of allylic oxidation sites excluding steroid dienone is 1. The highest BCUT2D eigenvalue weighted by Crippen LogP contribution is 2.36. The molecule has 0 radical (unpaired) electrons. The van der Waals surface area contributed by atoms with Gasteiger partial charge in [-0.1, -0.05) is 15.9 Å². The Labute approximate surface area is 169 Å². The molecule has 6 nitrogen and oxygen atoms in total. The van der Waals surface area contributed by atoms with Crippen molar-refractivity contribution in [2.75, 3.05) is 7.11 Å². The lowest BCUT2D eigenvalue weighted by atomic mass is 10.0. The minimum atomic E-state index is -0.305. The van der Waals surface area contributed by atoms with Gasteiger partial charge in [0.25, 0.3) is 5.56 Å². The summed E-state index contributed by atoms with van der Waals surface area (Å²) in [7, 11) is 1.58. The van der Waals surface area contributed by atoms with Crippen molar-refractivity contribution in [3.05, 3.63) is 62.1 Å². The van der Waals surface area contributed by atoms with E-state index in [0.29, 0.717) is 22.2 Å². The molecule has 140 valence electrons. The number of aromatic nitrogens is 2. The van der Waals surface area contributed by atoms with Crippen molar-refractivity contribution in [3.8, 4) is 17.6 Å². The number of rotatable bonds is 3. The molecule has 2 aromatic carbocycles. The lowest BCUT2D eigenvalue weighted by Crippen LogP contribution is -2.11. The number of methoxy groups -OCH3 is 1. The van der Waals surface area contributed by atoms with Crippen LogP contribution in [0.5, 0.6) is 11.5 Å². The van der Waals surface area contributed by atoms with Crippen LogP contribution in [0.1, 0.15) is 23.9 Å². The van der Waals surface area contributed by atoms with Crippen LogP contribution in [0.3, 0.4) is 0 Å². The monoisotopic (exact) mass is 437 g/mol. The molecule has 0 bridgehead atoms. The van der Waals surface area contributed by atoms with Crippen molar-refractivity contribution in [1.29, 1.82) is 5.26 Å². The quantitative estimate of drug-likeness (QED) is 0.623. The number of hydrogen-bond donors (Lipinski definition) is 1. The smallest absolute Gasteiger partial charge is 0.259 e. The molecule has 0 saturated heterocycles. The van der Waals surface area contributed by atoms with E-state index < -0.39 is 0 Å². The van der Waals surface area contributed by atoms with Gasteiger partial charge in [0, 0.05) is 22.0 Å². The lowest BCUT2D eigenvalue weighted by Gasteiger charge is -2.09. The molecule has 1 unspecified atom stereocenters. The molecule has 0 saturated carbocycles. The van der Waals surface area contributed by atoms with Crippen LogP contribution in [0.2, 0.25) is 0 Å². The third kappa shape index (κ3) is 3.27. The number of halogens is 1. The van der Waals surface area contributed by atoms with E-state index in [1.807, 2.05) is 19.1 Å². The van der Waals surface area contributed by atoms with Gasteiger partial charge < -0.3 is 14.5 Å². The molecular formula is C21H16BrN3O3. The van der Waals surface area contributed by atoms with Gasteiger partial charge in [-0.15, -0.1) is 0 Å². The highest BCUT2D eigenvalue weighted by atomic mass is 79.9. The standard InChI is InChI=1S/C21H16BrN3O3/c1-11-5-12-7-18(27-2)13(8-19(12)28-11)6-14(10-23)20-24-17-4-3-15(22)9-16(17)21(26)25-20/h3-4,6-9,11H,5H2,1-2H3,(H,24,25,26)/b14-6+. The molecule has 0 aliphatic carbocycles. The number of benzene rings is 2. The van der Waals surface area contributed by atoms with Crippen molar-refractivity contribution in [3.63, 3.8) is 0 Å². The van der Waals surface area contributed by atoms with Gasteiger partial charge in [0.05, 0.1) is 23.6 Å². The summed E-state index contributed by atoms with van der Waals surface area (Å²) < 4.78 is 12.1. The van der Waals surface area contributed by atoms with Crippen LogP contribution in [0.25, 0.3) is 22.6 Å².